The monoisotopic (exact) mass is 267 g/mol. The van der Waals surface area contributed by atoms with E-state index in [4.69, 9.17) is 11.6 Å². The normalized spacial score (nSPS) is 28.2. The van der Waals surface area contributed by atoms with Gasteiger partial charge in [-0.2, -0.15) is 4.31 Å². The first-order chi connectivity index (χ1) is 7.47. The van der Waals surface area contributed by atoms with Crippen molar-refractivity contribution >= 4 is 21.6 Å². The lowest BCUT2D eigenvalue weighted by Crippen LogP contribution is -2.45. The lowest BCUT2D eigenvalue weighted by atomic mass is 9.97. The average Bonchev–Trinajstić information content (AvgIpc) is 2.22. The average molecular weight is 268 g/mol. The van der Waals surface area contributed by atoms with E-state index in [2.05, 4.69) is 6.92 Å². The molecule has 2 atom stereocenters. The van der Waals surface area contributed by atoms with E-state index in [1.165, 1.54) is 0 Å². The van der Waals surface area contributed by atoms with Crippen LogP contribution in [-0.2, 0) is 10.0 Å². The van der Waals surface area contributed by atoms with Crippen molar-refractivity contribution in [2.24, 2.45) is 5.92 Å². The summed E-state index contributed by atoms with van der Waals surface area (Å²) in [6.45, 7) is 4.81. The molecule has 16 heavy (non-hydrogen) atoms. The lowest BCUT2D eigenvalue weighted by molar-refractivity contribution is 0.218. The molecule has 0 bridgehead atoms. The number of unbranched alkanes of at least 4 members (excludes halogenated alkanes) is 1. The second-order valence-electron chi connectivity index (χ2n) is 4.81. The van der Waals surface area contributed by atoms with Gasteiger partial charge < -0.3 is 0 Å². The molecule has 0 N–H and O–H groups in total. The van der Waals surface area contributed by atoms with Crippen LogP contribution in [0.4, 0.5) is 0 Å². The van der Waals surface area contributed by atoms with Gasteiger partial charge in [0.1, 0.15) is 0 Å². The summed E-state index contributed by atoms with van der Waals surface area (Å²) in [7, 11) is -3.06. The van der Waals surface area contributed by atoms with Gasteiger partial charge in [0.15, 0.2) is 0 Å². The van der Waals surface area contributed by atoms with E-state index in [-0.39, 0.29) is 11.8 Å². The van der Waals surface area contributed by atoms with Gasteiger partial charge in [-0.3, -0.25) is 0 Å². The molecular formula is C11H22ClNO2S. The third-order valence-corrected chi connectivity index (χ3v) is 5.50. The van der Waals surface area contributed by atoms with E-state index in [0.29, 0.717) is 24.8 Å². The van der Waals surface area contributed by atoms with Gasteiger partial charge in [-0.05, 0) is 38.5 Å². The molecule has 1 saturated heterocycles. The molecule has 1 rings (SSSR count). The third kappa shape index (κ3) is 3.90. The Morgan fingerprint density at radius 3 is 2.56 bits per heavy atom. The molecule has 0 aromatic heterocycles. The van der Waals surface area contributed by atoms with E-state index in [1.54, 1.807) is 4.31 Å². The van der Waals surface area contributed by atoms with Gasteiger partial charge >= 0.3 is 0 Å². The van der Waals surface area contributed by atoms with Gasteiger partial charge in [0, 0.05) is 18.5 Å². The SMILES string of the molecule is CC1CCC(C)N(S(=O)(=O)CCCCCl)C1. The second-order valence-corrected chi connectivity index (χ2v) is 7.23. The fraction of sp³-hybridized carbons (Fsp3) is 1.00. The van der Waals surface area contributed by atoms with Gasteiger partial charge in [0.25, 0.3) is 0 Å². The van der Waals surface area contributed by atoms with Crippen LogP contribution in [0.2, 0.25) is 0 Å². The van der Waals surface area contributed by atoms with Gasteiger partial charge in [0.2, 0.25) is 10.0 Å². The summed E-state index contributed by atoms with van der Waals surface area (Å²) >= 11 is 5.56. The highest BCUT2D eigenvalue weighted by molar-refractivity contribution is 7.89. The Balaban J connectivity index is 2.58. The van der Waals surface area contributed by atoms with E-state index >= 15 is 0 Å². The molecule has 0 spiro atoms. The van der Waals surface area contributed by atoms with E-state index in [1.807, 2.05) is 6.92 Å². The molecule has 0 aromatic carbocycles. The second kappa shape index (κ2) is 6.22. The molecule has 0 aliphatic carbocycles. The molecule has 96 valence electrons. The quantitative estimate of drug-likeness (QED) is 0.567. The minimum absolute atomic E-state index is 0.164. The summed E-state index contributed by atoms with van der Waals surface area (Å²) in [5.74, 6) is 1.28. The van der Waals surface area contributed by atoms with Crippen molar-refractivity contribution < 1.29 is 8.42 Å². The maximum absolute atomic E-state index is 12.1. The van der Waals surface area contributed by atoms with Crippen molar-refractivity contribution in [1.29, 1.82) is 0 Å². The van der Waals surface area contributed by atoms with Crippen LogP contribution in [0, 0.1) is 5.92 Å². The first-order valence-corrected chi connectivity index (χ1v) is 8.17. The first-order valence-electron chi connectivity index (χ1n) is 6.03. The van der Waals surface area contributed by atoms with Crippen LogP contribution in [0.5, 0.6) is 0 Å². The Labute approximate surface area is 104 Å². The summed E-state index contributed by atoms with van der Waals surface area (Å²) in [5.41, 5.74) is 0. The van der Waals surface area contributed by atoms with Crippen LogP contribution in [0.15, 0.2) is 0 Å². The number of sulfonamides is 1. The van der Waals surface area contributed by atoms with Gasteiger partial charge in [-0.1, -0.05) is 6.92 Å². The number of hydrogen-bond donors (Lipinski definition) is 0. The molecule has 0 radical (unpaired) electrons. The highest BCUT2D eigenvalue weighted by atomic mass is 35.5. The molecule has 0 amide bonds. The summed E-state index contributed by atoms with van der Waals surface area (Å²) in [4.78, 5) is 0. The summed E-state index contributed by atoms with van der Waals surface area (Å²) in [5, 5.41) is 0. The van der Waals surface area contributed by atoms with Crippen molar-refractivity contribution in [2.75, 3.05) is 18.2 Å². The van der Waals surface area contributed by atoms with Crippen molar-refractivity contribution in [3.63, 3.8) is 0 Å². The van der Waals surface area contributed by atoms with Gasteiger partial charge in [-0.15, -0.1) is 11.6 Å². The Hall–Kier alpha value is 0.200. The minimum Gasteiger partial charge on any atom is -0.212 e. The topological polar surface area (TPSA) is 37.4 Å². The third-order valence-electron chi connectivity index (χ3n) is 3.20. The van der Waals surface area contributed by atoms with Gasteiger partial charge in [0.05, 0.1) is 5.75 Å². The molecule has 0 aromatic rings. The Morgan fingerprint density at radius 1 is 1.25 bits per heavy atom. The number of hydrogen-bond acceptors (Lipinski definition) is 2. The maximum atomic E-state index is 12.1. The number of alkyl halides is 1. The number of halogens is 1. The number of nitrogens with zero attached hydrogens (tertiary/aromatic N) is 1. The molecule has 0 saturated carbocycles. The molecule has 3 nitrogen and oxygen atoms in total. The molecule has 1 aliphatic heterocycles. The zero-order chi connectivity index (χ0) is 12.2. The summed E-state index contributed by atoms with van der Waals surface area (Å²) < 4.78 is 25.9. The van der Waals surface area contributed by atoms with Crippen LogP contribution in [0.3, 0.4) is 0 Å². The molecule has 5 heteroatoms. The Bertz CT molecular complexity index is 305. The highest BCUT2D eigenvalue weighted by Crippen LogP contribution is 2.24. The highest BCUT2D eigenvalue weighted by Gasteiger charge is 2.31. The van der Waals surface area contributed by atoms with Crippen molar-refractivity contribution in [2.45, 2.75) is 45.6 Å². The van der Waals surface area contributed by atoms with E-state index < -0.39 is 10.0 Å². The van der Waals surface area contributed by atoms with Crippen molar-refractivity contribution in [3.05, 3.63) is 0 Å². The zero-order valence-electron chi connectivity index (χ0n) is 10.2. The van der Waals surface area contributed by atoms with E-state index in [9.17, 15) is 8.42 Å². The van der Waals surface area contributed by atoms with Crippen molar-refractivity contribution in [1.82, 2.24) is 4.31 Å². The fourth-order valence-electron chi connectivity index (χ4n) is 2.13. The lowest BCUT2D eigenvalue weighted by Gasteiger charge is -2.35. The molecule has 2 unspecified atom stereocenters. The van der Waals surface area contributed by atoms with Crippen LogP contribution in [0.25, 0.3) is 0 Å². The predicted octanol–water partition coefficient (Wildman–Crippen LogP) is 2.46. The summed E-state index contributed by atoms with van der Waals surface area (Å²) in [6.07, 6.45) is 3.56. The Kier molecular flexibility index (Phi) is 5.54. The minimum atomic E-state index is -3.06. The maximum Gasteiger partial charge on any atom is 0.214 e. The van der Waals surface area contributed by atoms with Crippen LogP contribution >= 0.6 is 11.6 Å². The largest absolute Gasteiger partial charge is 0.214 e. The van der Waals surface area contributed by atoms with Gasteiger partial charge in [-0.25, -0.2) is 8.42 Å². The molecule has 1 fully saturated rings. The molecule has 1 heterocycles. The number of rotatable bonds is 5. The van der Waals surface area contributed by atoms with Crippen LogP contribution in [0.1, 0.15) is 39.5 Å². The van der Waals surface area contributed by atoms with Crippen LogP contribution < -0.4 is 0 Å². The number of piperidine rings is 1. The smallest absolute Gasteiger partial charge is 0.212 e. The van der Waals surface area contributed by atoms with Crippen LogP contribution in [-0.4, -0.2) is 36.9 Å². The molecular weight excluding hydrogens is 246 g/mol. The standard InChI is InChI=1S/C11H22ClNO2S/c1-10-5-6-11(2)13(9-10)16(14,15)8-4-3-7-12/h10-11H,3-9H2,1-2H3. The fourth-order valence-corrected chi connectivity index (χ4v) is 4.26. The predicted molar refractivity (Wildman–Crippen MR) is 68.3 cm³/mol. The van der Waals surface area contributed by atoms with E-state index in [0.717, 1.165) is 19.3 Å². The summed E-state index contributed by atoms with van der Waals surface area (Å²) in [6, 6.07) is 0.164. The zero-order valence-corrected chi connectivity index (χ0v) is 11.7. The van der Waals surface area contributed by atoms with Crippen molar-refractivity contribution in [3.8, 4) is 0 Å². The first kappa shape index (κ1) is 14.3. The molecule has 1 aliphatic rings. The Morgan fingerprint density at radius 2 is 1.94 bits per heavy atom.